The summed E-state index contributed by atoms with van der Waals surface area (Å²) in [4.78, 5) is 12.1. The van der Waals surface area contributed by atoms with E-state index in [1.165, 1.54) is 0 Å². The van der Waals surface area contributed by atoms with Crippen LogP contribution >= 0.6 is 27.5 Å². The quantitative estimate of drug-likeness (QED) is 0.407. The van der Waals surface area contributed by atoms with E-state index in [9.17, 15) is 4.79 Å². The summed E-state index contributed by atoms with van der Waals surface area (Å²) in [5.74, 6) is 0.463. The van der Waals surface area contributed by atoms with Crippen LogP contribution in [0.3, 0.4) is 0 Å². The number of hydrogen-bond donors (Lipinski definition) is 1. The molecule has 1 N–H and O–H groups in total. The van der Waals surface area contributed by atoms with Gasteiger partial charge in [-0.15, -0.1) is 0 Å². The Balaban J connectivity index is 1.53. The van der Waals surface area contributed by atoms with Crippen molar-refractivity contribution in [2.45, 2.75) is 6.61 Å². The Morgan fingerprint density at radius 2 is 1.85 bits per heavy atom. The Labute approximate surface area is 171 Å². The molecule has 1 amide bonds. The van der Waals surface area contributed by atoms with Gasteiger partial charge in [0.2, 0.25) is 0 Å². The normalized spacial score (nSPS) is 10.7. The molecular weight excluding hydrogens is 428 g/mol. The maximum absolute atomic E-state index is 12.1. The number of carbonyl (C=O) groups excluding carboxylic acids is 1. The van der Waals surface area contributed by atoms with Crippen molar-refractivity contribution in [1.29, 1.82) is 0 Å². The van der Waals surface area contributed by atoms with Crippen molar-refractivity contribution < 1.29 is 9.53 Å². The minimum Gasteiger partial charge on any atom is -0.489 e. The van der Waals surface area contributed by atoms with Gasteiger partial charge in [0.05, 0.1) is 11.8 Å². The van der Waals surface area contributed by atoms with Crippen molar-refractivity contribution in [3.8, 4) is 5.75 Å². The number of nitrogens with one attached hydrogen (secondary N) is 1. The molecule has 0 aliphatic heterocycles. The lowest BCUT2D eigenvalue weighted by atomic mass is 10.2. The van der Waals surface area contributed by atoms with Gasteiger partial charge < -0.3 is 4.74 Å². The average Bonchev–Trinajstić information content (AvgIpc) is 2.68. The zero-order valence-electron chi connectivity index (χ0n) is 14.2. The molecule has 0 bridgehead atoms. The van der Waals surface area contributed by atoms with Crippen LogP contribution in [0.15, 0.2) is 82.4 Å². The van der Waals surface area contributed by atoms with Crippen molar-refractivity contribution >= 4 is 39.7 Å². The third-order valence-corrected chi connectivity index (χ3v) is 4.60. The van der Waals surface area contributed by atoms with E-state index in [0.29, 0.717) is 17.2 Å². The average molecular weight is 444 g/mol. The smallest absolute Gasteiger partial charge is 0.272 e. The van der Waals surface area contributed by atoms with E-state index in [1.807, 2.05) is 54.6 Å². The first-order chi connectivity index (χ1) is 13.1. The first-order valence-corrected chi connectivity index (χ1v) is 9.34. The molecule has 0 heterocycles. The van der Waals surface area contributed by atoms with Gasteiger partial charge in [0.1, 0.15) is 12.4 Å². The second-order valence-electron chi connectivity index (χ2n) is 5.67. The van der Waals surface area contributed by atoms with Crippen LogP contribution in [-0.2, 0) is 6.61 Å². The highest BCUT2D eigenvalue weighted by Crippen LogP contribution is 2.17. The fourth-order valence-corrected chi connectivity index (χ4v) is 2.99. The number of nitrogens with zero attached hydrogens (tertiary/aromatic N) is 1. The Morgan fingerprint density at radius 1 is 1.07 bits per heavy atom. The van der Waals surface area contributed by atoms with Crippen LogP contribution in [0.5, 0.6) is 5.75 Å². The highest BCUT2D eigenvalue weighted by molar-refractivity contribution is 9.10. The minimum atomic E-state index is -0.278. The van der Waals surface area contributed by atoms with Crippen molar-refractivity contribution in [2.24, 2.45) is 5.10 Å². The molecule has 3 aromatic rings. The third kappa shape index (κ3) is 5.67. The van der Waals surface area contributed by atoms with Gasteiger partial charge in [-0.3, -0.25) is 4.79 Å². The van der Waals surface area contributed by atoms with Crippen LogP contribution in [-0.4, -0.2) is 12.1 Å². The molecule has 27 heavy (non-hydrogen) atoms. The second-order valence-corrected chi connectivity index (χ2v) is 6.96. The number of ether oxygens (including phenoxy) is 1. The molecule has 0 spiro atoms. The van der Waals surface area contributed by atoms with Crippen LogP contribution in [0.4, 0.5) is 0 Å². The van der Waals surface area contributed by atoms with Crippen LogP contribution in [0.2, 0.25) is 5.02 Å². The molecule has 0 fully saturated rings. The monoisotopic (exact) mass is 442 g/mol. The molecule has 3 rings (SSSR count). The Kier molecular flexibility index (Phi) is 6.63. The molecule has 3 aromatic carbocycles. The highest BCUT2D eigenvalue weighted by Gasteiger charge is 2.07. The molecule has 0 aliphatic carbocycles. The van der Waals surface area contributed by atoms with E-state index in [2.05, 4.69) is 26.5 Å². The van der Waals surface area contributed by atoms with Crippen molar-refractivity contribution in [2.75, 3.05) is 0 Å². The fraction of sp³-hybridized carbons (Fsp3) is 0.0476. The summed E-state index contributed by atoms with van der Waals surface area (Å²) < 4.78 is 6.46. The number of rotatable bonds is 6. The molecule has 0 radical (unpaired) electrons. The van der Waals surface area contributed by atoms with Gasteiger partial charge in [0, 0.05) is 9.50 Å². The largest absolute Gasteiger partial charge is 0.489 e. The first-order valence-electron chi connectivity index (χ1n) is 8.17. The van der Waals surface area contributed by atoms with Gasteiger partial charge >= 0.3 is 0 Å². The SMILES string of the molecule is O=C(N/N=C/c1ccc(OCc2cccc(Cl)c2)cc1)c1ccccc1Br. The molecule has 0 saturated heterocycles. The summed E-state index contributed by atoms with van der Waals surface area (Å²) in [6.07, 6.45) is 1.58. The van der Waals surface area contributed by atoms with Crippen LogP contribution < -0.4 is 10.2 Å². The number of halogens is 2. The number of hydrazone groups is 1. The molecule has 4 nitrogen and oxygen atoms in total. The number of amides is 1. The molecular formula is C21H16BrClN2O2. The van der Waals surface area contributed by atoms with Crippen LogP contribution in [0, 0.1) is 0 Å². The van der Waals surface area contributed by atoms with E-state index in [0.717, 1.165) is 21.3 Å². The molecule has 0 aliphatic rings. The number of carbonyl (C=O) groups is 1. The molecule has 0 aromatic heterocycles. The minimum absolute atomic E-state index is 0.278. The standard InChI is InChI=1S/C21H16BrClN2O2/c22-20-7-2-1-6-19(20)21(26)25-24-13-15-8-10-18(11-9-15)27-14-16-4-3-5-17(23)12-16/h1-13H,14H2,(H,25,26)/b24-13+. The van der Waals surface area contributed by atoms with E-state index in [4.69, 9.17) is 16.3 Å². The van der Waals surface area contributed by atoms with E-state index in [1.54, 1.807) is 24.4 Å². The predicted molar refractivity (Wildman–Crippen MR) is 111 cm³/mol. The Morgan fingerprint density at radius 3 is 2.59 bits per heavy atom. The van der Waals surface area contributed by atoms with Gasteiger partial charge in [0.15, 0.2) is 0 Å². The molecule has 0 saturated carbocycles. The highest BCUT2D eigenvalue weighted by atomic mass is 79.9. The van der Waals surface area contributed by atoms with Gasteiger partial charge in [0.25, 0.3) is 5.91 Å². The van der Waals surface area contributed by atoms with Gasteiger partial charge in [-0.2, -0.15) is 5.10 Å². The summed E-state index contributed by atoms with van der Waals surface area (Å²) in [5.41, 5.74) is 4.89. The first kappa shape index (κ1) is 19.1. The molecule has 6 heteroatoms. The van der Waals surface area contributed by atoms with Crippen LogP contribution in [0.25, 0.3) is 0 Å². The Hall–Kier alpha value is -2.63. The van der Waals surface area contributed by atoms with E-state index in [-0.39, 0.29) is 5.91 Å². The van der Waals surface area contributed by atoms with Crippen LogP contribution in [0.1, 0.15) is 21.5 Å². The molecule has 0 unspecified atom stereocenters. The summed E-state index contributed by atoms with van der Waals surface area (Å²) >= 11 is 9.31. The predicted octanol–water partition coefficient (Wildman–Crippen LogP) is 5.45. The zero-order chi connectivity index (χ0) is 19.1. The lowest BCUT2D eigenvalue weighted by Crippen LogP contribution is -2.18. The number of hydrogen-bond acceptors (Lipinski definition) is 3. The number of benzene rings is 3. The van der Waals surface area contributed by atoms with E-state index < -0.39 is 0 Å². The summed E-state index contributed by atoms with van der Waals surface area (Å²) in [6, 6.07) is 22.1. The molecule has 0 atom stereocenters. The fourth-order valence-electron chi connectivity index (χ4n) is 2.31. The maximum atomic E-state index is 12.1. The Bertz CT molecular complexity index is 958. The topological polar surface area (TPSA) is 50.7 Å². The summed E-state index contributed by atoms with van der Waals surface area (Å²) in [5, 5.41) is 4.68. The van der Waals surface area contributed by atoms with Gasteiger partial charge in [-0.1, -0.05) is 35.9 Å². The van der Waals surface area contributed by atoms with E-state index >= 15 is 0 Å². The van der Waals surface area contributed by atoms with Crippen molar-refractivity contribution in [1.82, 2.24) is 5.43 Å². The lowest BCUT2D eigenvalue weighted by molar-refractivity contribution is 0.0954. The van der Waals surface area contributed by atoms with Gasteiger partial charge in [-0.05, 0) is 75.6 Å². The molecule has 136 valence electrons. The van der Waals surface area contributed by atoms with Crippen molar-refractivity contribution in [3.05, 3.63) is 99.0 Å². The second kappa shape index (κ2) is 9.35. The third-order valence-electron chi connectivity index (χ3n) is 3.67. The van der Waals surface area contributed by atoms with Crippen molar-refractivity contribution in [3.63, 3.8) is 0 Å². The maximum Gasteiger partial charge on any atom is 0.272 e. The van der Waals surface area contributed by atoms with Gasteiger partial charge in [-0.25, -0.2) is 5.43 Å². The zero-order valence-corrected chi connectivity index (χ0v) is 16.6. The lowest BCUT2D eigenvalue weighted by Gasteiger charge is -2.07. The summed E-state index contributed by atoms with van der Waals surface area (Å²) in [6.45, 7) is 0.440. The summed E-state index contributed by atoms with van der Waals surface area (Å²) in [7, 11) is 0.